The van der Waals surface area contributed by atoms with E-state index in [2.05, 4.69) is 20.9 Å². The molecule has 0 aliphatic carbocycles. The highest BCUT2D eigenvalue weighted by molar-refractivity contribution is 9.10. The molecule has 0 bridgehead atoms. The van der Waals surface area contributed by atoms with E-state index in [0.717, 1.165) is 9.86 Å². The summed E-state index contributed by atoms with van der Waals surface area (Å²) in [6.07, 6.45) is 1.42. The number of aromatic nitrogens is 1. The molecular weight excluding hydrogens is 280 g/mol. The van der Waals surface area contributed by atoms with Gasteiger partial charge >= 0.3 is 0 Å². The van der Waals surface area contributed by atoms with Crippen LogP contribution in [0.15, 0.2) is 40.0 Å². The third-order valence-corrected chi connectivity index (χ3v) is 3.54. The Morgan fingerprint density at radius 2 is 1.93 bits per heavy atom. The Morgan fingerprint density at radius 3 is 2.60 bits per heavy atom. The number of sulfonamides is 1. The first-order valence-corrected chi connectivity index (χ1v) is 6.40. The number of fused-ring (bicyclic) bond motifs is 1. The summed E-state index contributed by atoms with van der Waals surface area (Å²) in [5, 5.41) is 6.27. The summed E-state index contributed by atoms with van der Waals surface area (Å²) in [5.74, 6) is 0. The Bertz CT molecular complexity index is 625. The second-order valence-electron chi connectivity index (χ2n) is 3.00. The maximum Gasteiger partial charge on any atom is 0.256 e. The van der Waals surface area contributed by atoms with Crippen molar-refractivity contribution in [2.45, 2.75) is 5.03 Å². The van der Waals surface area contributed by atoms with Gasteiger partial charge in [0.2, 0.25) is 0 Å². The summed E-state index contributed by atoms with van der Waals surface area (Å²) in [5.41, 5.74) is 0. The molecular formula is C9H7BrN2O2S. The predicted molar refractivity (Wildman–Crippen MR) is 60.8 cm³/mol. The minimum atomic E-state index is -3.78. The van der Waals surface area contributed by atoms with Crippen LogP contribution in [-0.2, 0) is 10.0 Å². The highest BCUT2D eigenvalue weighted by atomic mass is 79.9. The minimum Gasteiger partial charge on any atom is -0.243 e. The summed E-state index contributed by atoms with van der Waals surface area (Å²) in [6.45, 7) is 0. The zero-order valence-corrected chi connectivity index (χ0v) is 9.92. The number of pyridine rings is 1. The lowest BCUT2D eigenvalue weighted by Crippen LogP contribution is -2.14. The van der Waals surface area contributed by atoms with Crippen molar-refractivity contribution in [1.82, 2.24) is 4.98 Å². The van der Waals surface area contributed by atoms with Crippen LogP contribution in [0, 0.1) is 0 Å². The highest BCUT2D eigenvalue weighted by Gasteiger charge is 2.14. The van der Waals surface area contributed by atoms with Gasteiger partial charge in [0.1, 0.15) is 0 Å². The highest BCUT2D eigenvalue weighted by Crippen LogP contribution is 2.26. The van der Waals surface area contributed by atoms with E-state index in [9.17, 15) is 8.42 Å². The van der Waals surface area contributed by atoms with E-state index in [1.54, 1.807) is 18.2 Å². The molecule has 0 fully saturated rings. The van der Waals surface area contributed by atoms with Gasteiger partial charge in [0.25, 0.3) is 10.0 Å². The van der Waals surface area contributed by atoms with Crippen molar-refractivity contribution in [3.63, 3.8) is 0 Å². The van der Waals surface area contributed by atoms with Crippen molar-refractivity contribution < 1.29 is 8.42 Å². The average molecular weight is 287 g/mol. The molecule has 0 aliphatic rings. The third-order valence-electron chi connectivity index (χ3n) is 1.99. The first-order chi connectivity index (χ1) is 7.00. The van der Waals surface area contributed by atoms with Gasteiger partial charge in [-0.3, -0.25) is 0 Å². The van der Waals surface area contributed by atoms with Crippen molar-refractivity contribution in [2.75, 3.05) is 0 Å². The van der Waals surface area contributed by atoms with E-state index in [4.69, 9.17) is 5.14 Å². The number of halogens is 1. The van der Waals surface area contributed by atoms with Gasteiger partial charge < -0.3 is 0 Å². The van der Waals surface area contributed by atoms with Gasteiger partial charge in [0, 0.05) is 21.4 Å². The monoisotopic (exact) mass is 286 g/mol. The molecule has 0 saturated carbocycles. The van der Waals surface area contributed by atoms with Crippen molar-refractivity contribution in [1.29, 1.82) is 0 Å². The summed E-state index contributed by atoms with van der Waals surface area (Å²) < 4.78 is 23.3. The Hall–Kier alpha value is -0.980. The van der Waals surface area contributed by atoms with Crippen LogP contribution in [0.25, 0.3) is 10.8 Å². The van der Waals surface area contributed by atoms with Crippen LogP contribution >= 0.6 is 15.9 Å². The largest absolute Gasteiger partial charge is 0.256 e. The number of hydrogen-bond acceptors (Lipinski definition) is 3. The lowest BCUT2D eigenvalue weighted by atomic mass is 10.2. The molecule has 0 spiro atoms. The van der Waals surface area contributed by atoms with Crippen LogP contribution in [0.5, 0.6) is 0 Å². The van der Waals surface area contributed by atoms with E-state index in [1.165, 1.54) is 6.20 Å². The van der Waals surface area contributed by atoms with Crippen LogP contribution < -0.4 is 5.14 Å². The second kappa shape index (κ2) is 3.55. The lowest BCUT2D eigenvalue weighted by molar-refractivity contribution is 0.595. The average Bonchev–Trinajstić information content (AvgIpc) is 2.16. The minimum absolute atomic E-state index is 0.0960. The number of primary sulfonamides is 1. The van der Waals surface area contributed by atoms with E-state index in [0.29, 0.717) is 5.39 Å². The molecule has 0 atom stereocenters. The fraction of sp³-hybridized carbons (Fsp3) is 0. The number of hydrogen-bond donors (Lipinski definition) is 1. The van der Waals surface area contributed by atoms with Crippen molar-refractivity contribution in [3.8, 4) is 0 Å². The Kier molecular flexibility index (Phi) is 2.49. The summed E-state index contributed by atoms with van der Waals surface area (Å²) >= 11 is 3.33. The summed E-state index contributed by atoms with van der Waals surface area (Å²) in [6, 6.07) is 6.97. The van der Waals surface area contributed by atoms with Gasteiger partial charge in [-0.15, -0.1) is 0 Å². The Labute approximate surface area is 95.3 Å². The molecule has 1 aromatic heterocycles. The summed E-state index contributed by atoms with van der Waals surface area (Å²) in [7, 11) is -3.78. The molecule has 2 rings (SSSR count). The van der Waals surface area contributed by atoms with Gasteiger partial charge in [0.05, 0.1) is 0 Å². The molecule has 1 heterocycles. The normalized spacial score (nSPS) is 11.9. The molecule has 78 valence electrons. The zero-order chi connectivity index (χ0) is 11.1. The maximum atomic E-state index is 11.3. The fourth-order valence-corrected chi connectivity index (χ4v) is 2.56. The number of nitrogens with zero attached hydrogens (tertiary/aromatic N) is 1. The van der Waals surface area contributed by atoms with E-state index in [-0.39, 0.29) is 5.03 Å². The molecule has 15 heavy (non-hydrogen) atoms. The molecule has 0 amide bonds. The molecule has 0 radical (unpaired) electrons. The molecule has 6 heteroatoms. The predicted octanol–water partition coefficient (Wildman–Crippen LogP) is 1.64. The maximum absolute atomic E-state index is 11.3. The second-order valence-corrected chi connectivity index (χ2v) is 5.33. The van der Waals surface area contributed by atoms with Gasteiger partial charge in [-0.2, -0.15) is 0 Å². The van der Waals surface area contributed by atoms with Crippen LogP contribution in [-0.4, -0.2) is 13.4 Å². The van der Waals surface area contributed by atoms with E-state index < -0.39 is 10.0 Å². The first kappa shape index (κ1) is 10.5. The number of nitrogens with two attached hydrogens (primary N) is 1. The van der Waals surface area contributed by atoms with Crippen LogP contribution in [0.2, 0.25) is 0 Å². The zero-order valence-electron chi connectivity index (χ0n) is 7.51. The van der Waals surface area contributed by atoms with Crippen LogP contribution in [0.3, 0.4) is 0 Å². The quantitative estimate of drug-likeness (QED) is 0.866. The lowest BCUT2D eigenvalue weighted by Gasteiger charge is -2.04. The van der Waals surface area contributed by atoms with Crippen LogP contribution in [0.1, 0.15) is 0 Å². The van der Waals surface area contributed by atoms with Crippen molar-refractivity contribution >= 4 is 36.7 Å². The molecule has 2 aromatic rings. The molecule has 2 N–H and O–H groups in total. The van der Waals surface area contributed by atoms with Gasteiger partial charge in [0.15, 0.2) is 5.03 Å². The van der Waals surface area contributed by atoms with E-state index in [1.807, 2.05) is 6.07 Å². The van der Waals surface area contributed by atoms with Crippen molar-refractivity contribution in [3.05, 3.63) is 34.9 Å². The molecule has 1 aromatic carbocycles. The smallest absolute Gasteiger partial charge is 0.243 e. The van der Waals surface area contributed by atoms with Gasteiger partial charge in [-0.05, 0) is 12.1 Å². The van der Waals surface area contributed by atoms with Crippen LogP contribution in [0.4, 0.5) is 0 Å². The van der Waals surface area contributed by atoms with Gasteiger partial charge in [-0.25, -0.2) is 18.5 Å². The third kappa shape index (κ3) is 1.88. The molecule has 0 unspecified atom stereocenters. The van der Waals surface area contributed by atoms with Gasteiger partial charge in [-0.1, -0.05) is 28.1 Å². The molecule has 0 saturated heterocycles. The van der Waals surface area contributed by atoms with Crippen molar-refractivity contribution in [2.24, 2.45) is 5.14 Å². The Morgan fingerprint density at radius 1 is 1.20 bits per heavy atom. The topological polar surface area (TPSA) is 73.1 Å². The number of rotatable bonds is 1. The first-order valence-electron chi connectivity index (χ1n) is 4.06. The standard InChI is InChI=1S/C9H7BrN2O2S/c10-8-3-1-2-7-6(8)4-5-12-9(7)15(11,13)14/h1-5H,(H2,11,13,14). The summed E-state index contributed by atoms with van der Waals surface area (Å²) in [4.78, 5) is 3.79. The SMILES string of the molecule is NS(=O)(=O)c1nccc2c(Br)cccc12. The van der Waals surface area contributed by atoms with E-state index >= 15 is 0 Å². The fourth-order valence-electron chi connectivity index (χ4n) is 1.37. The molecule has 4 nitrogen and oxygen atoms in total. The molecule has 0 aliphatic heterocycles. The Balaban J connectivity index is 2.96. The number of benzene rings is 1.